The molecule has 1 aromatic carbocycles. The maximum atomic E-state index is 12.8. The third-order valence-corrected chi connectivity index (χ3v) is 5.53. The number of hydrogen-bond donors (Lipinski definition) is 2. The summed E-state index contributed by atoms with van der Waals surface area (Å²) >= 11 is 6.09. The molecule has 0 spiro atoms. The van der Waals surface area contributed by atoms with Crippen molar-refractivity contribution < 1.29 is 9.59 Å². The first-order valence-corrected chi connectivity index (χ1v) is 9.56. The van der Waals surface area contributed by atoms with E-state index in [1.54, 1.807) is 18.2 Å². The maximum absolute atomic E-state index is 12.8. The molecule has 2 amide bonds. The van der Waals surface area contributed by atoms with Crippen molar-refractivity contribution in [1.82, 2.24) is 4.90 Å². The first-order valence-electron chi connectivity index (χ1n) is 9.19. The first kappa shape index (κ1) is 21.0. The van der Waals surface area contributed by atoms with Crippen LogP contribution in [0.2, 0.25) is 5.02 Å². The van der Waals surface area contributed by atoms with Gasteiger partial charge in [-0.2, -0.15) is 0 Å². The average molecular weight is 400 g/mol. The molecule has 1 aliphatic heterocycles. The molecule has 144 valence electrons. The van der Waals surface area contributed by atoms with E-state index in [2.05, 4.69) is 5.32 Å². The van der Waals surface area contributed by atoms with Crippen molar-refractivity contribution in [1.29, 1.82) is 0 Å². The fourth-order valence-corrected chi connectivity index (χ4v) is 4.00. The van der Waals surface area contributed by atoms with Gasteiger partial charge >= 0.3 is 0 Å². The number of piperidine rings is 1. The van der Waals surface area contributed by atoms with Gasteiger partial charge in [-0.05, 0) is 56.2 Å². The normalized spacial score (nSPS) is 22.6. The first-order chi connectivity index (χ1) is 12.0. The van der Waals surface area contributed by atoms with Gasteiger partial charge in [-0.15, -0.1) is 12.4 Å². The highest BCUT2D eigenvalue weighted by Gasteiger charge is 2.27. The minimum atomic E-state index is -0.0997. The Morgan fingerprint density at radius 3 is 2.54 bits per heavy atom. The fourth-order valence-electron chi connectivity index (χ4n) is 3.83. The molecule has 1 saturated carbocycles. The lowest BCUT2D eigenvalue weighted by Gasteiger charge is -2.27. The molecule has 26 heavy (non-hydrogen) atoms. The number of hydrogen-bond acceptors (Lipinski definition) is 3. The van der Waals surface area contributed by atoms with E-state index in [0.717, 1.165) is 51.6 Å². The van der Waals surface area contributed by atoms with Crippen LogP contribution in [0, 0.1) is 5.92 Å². The number of rotatable bonds is 4. The van der Waals surface area contributed by atoms with Crippen molar-refractivity contribution in [2.75, 3.05) is 18.4 Å². The number of amides is 2. The Labute approximate surface area is 166 Å². The molecule has 1 heterocycles. The topological polar surface area (TPSA) is 75.4 Å². The van der Waals surface area contributed by atoms with Crippen LogP contribution in [0.1, 0.15) is 55.3 Å². The number of nitrogens with zero attached hydrogens (tertiary/aromatic N) is 1. The second-order valence-corrected chi connectivity index (χ2v) is 7.59. The van der Waals surface area contributed by atoms with E-state index in [0.29, 0.717) is 22.7 Å². The quantitative estimate of drug-likeness (QED) is 0.806. The average Bonchev–Trinajstić information content (AvgIpc) is 3.00. The van der Waals surface area contributed by atoms with Crippen molar-refractivity contribution in [3.63, 3.8) is 0 Å². The number of halogens is 2. The predicted octanol–water partition coefficient (Wildman–Crippen LogP) is 3.84. The summed E-state index contributed by atoms with van der Waals surface area (Å²) in [7, 11) is 0. The Bertz CT molecular complexity index is 648. The predicted molar refractivity (Wildman–Crippen MR) is 107 cm³/mol. The van der Waals surface area contributed by atoms with E-state index in [-0.39, 0.29) is 36.2 Å². The zero-order valence-electron chi connectivity index (χ0n) is 14.9. The summed E-state index contributed by atoms with van der Waals surface area (Å²) in [5, 5.41) is 3.40. The van der Waals surface area contributed by atoms with E-state index in [1.807, 2.05) is 4.90 Å². The molecule has 0 aromatic heterocycles. The second kappa shape index (κ2) is 9.58. The smallest absolute Gasteiger partial charge is 0.255 e. The van der Waals surface area contributed by atoms with E-state index >= 15 is 0 Å². The van der Waals surface area contributed by atoms with Gasteiger partial charge in [0.05, 0.1) is 11.3 Å². The molecule has 7 heteroatoms. The molecule has 2 fully saturated rings. The molecular formula is C19H27Cl2N3O2. The fraction of sp³-hybridized carbons (Fsp3) is 0.579. The monoisotopic (exact) mass is 399 g/mol. The minimum Gasteiger partial charge on any atom is -0.339 e. The summed E-state index contributed by atoms with van der Waals surface area (Å²) < 4.78 is 0. The van der Waals surface area contributed by atoms with Gasteiger partial charge in [0.1, 0.15) is 0 Å². The van der Waals surface area contributed by atoms with Crippen LogP contribution in [0.15, 0.2) is 18.2 Å². The van der Waals surface area contributed by atoms with Gasteiger partial charge < -0.3 is 16.0 Å². The number of nitrogens with two attached hydrogens (primary N) is 1. The maximum Gasteiger partial charge on any atom is 0.255 e. The van der Waals surface area contributed by atoms with E-state index in [9.17, 15) is 9.59 Å². The summed E-state index contributed by atoms with van der Waals surface area (Å²) in [6.45, 7) is 1.54. The zero-order valence-corrected chi connectivity index (χ0v) is 16.5. The lowest BCUT2D eigenvalue weighted by atomic mass is 9.99. The van der Waals surface area contributed by atoms with Crippen LogP contribution in [0.25, 0.3) is 0 Å². The van der Waals surface area contributed by atoms with Crippen LogP contribution in [0.4, 0.5) is 5.69 Å². The Kier molecular flexibility index (Phi) is 7.74. The van der Waals surface area contributed by atoms with Crippen molar-refractivity contribution in [2.45, 2.75) is 51.0 Å². The van der Waals surface area contributed by atoms with Crippen molar-refractivity contribution in [3.8, 4) is 0 Å². The number of carbonyl (C=O) groups is 2. The van der Waals surface area contributed by atoms with Crippen LogP contribution in [-0.2, 0) is 4.79 Å². The Morgan fingerprint density at radius 2 is 1.88 bits per heavy atom. The Hall–Kier alpha value is -1.30. The number of nitrogens with one attached hydrogen (secondary N) is 1. The van der Waals surface area contributed by atoms with Crippen LogP contribution in [-0.4, -0.2) is 35.8 Å². The van der Waals surface area contributed by atoms with Crippen LogP contribution in [0.5, 0.6) is 0 Å². The number of benzene rings is 1. The highest BCUT2D eigenvalue weighted by atomic mass is 35.5. The van der Waals surface area contributed by atoms with Crippen molar-refractivity contribution in [2.24, 2.45) is 11.7 Å². The number of anilines is 1. The van der Waals surface area contributed by atoms with Crippen LogP contribution >= 0.6 is 24.0 Å². The van der Waals surface area contributed by atoms with Gasteiger partial charge in [0.2, 0.25) is 5.91 Å². The van der Waals surface area contributed by atoms with Crippen LogP contribution < -0.4 is 11.1 Å². The molecule has 3 N–H and O–H groups in total. The SMILES string of the molecule is Cl.N[C@@H]1CCC[C@H]1CC(=O)Nc1cc(Cl)ccc1C(=O)N1CCCCC1. The second-order valence-electron chi connectivity index (χ2n) is 7.15. The van der Waals surface area contributed by atoms with E-state index < -0.39 is 0 Å². The standard InChI is InChI=1S/C19H26ClN3O2.ClH/c20-14-7-8-15(19(25)23-9-2-1-3-10-23)17(12-14)22-18(24)11-13-5-4-6-16(13)21;/h7-8,12-13,16H,1-6,9-11,21H2,(H,22,24);1H/t13-,16+;/m0./s1. The zero-order chi connectivity index (χ0) is 17.8. The Morgan fingerprint density at radius 1 is 1.15 bits per heavy atom. The molecule has 1 aromatic rings. The van der Waals surface area contributed by atoms with Gasteiger partial charge in [-0.1, -0.05) is 18.0 Å². The lowest BCUT2D eigenvalue weighted by molar-refractivity contribution is -0.117. The third-order valence-electron chi connectivity index (χ3n) is 5.29. The molecule has 1 aliphatic carbocycles. The van der Waals surface area contributed by atoms with Crippen LogP contribution in [0.3, 0.4) is 0 Å². The molecule has 0 bridgehead atoms. The van der Waals surface area contributed by atoms with Gasteiger partial charge in [-0.25, -0.2) is 0 Å². The van der Waals surface area contributed by atoms with Gasteiger partial charge in [0.25, 0.3) is 5.91 Å². The summed E-state index contributed by atoms with van der Waals surface area (Å²) in [4.78, 5) is 27.1. The minimum absolute atomic E-state index is 0. The highest BCUT2D eigenvalue weighted by Crippen LogP contribution is 2.28. The lowest BCUT2D eigenvalue weighted by Crippen LogP contribution is -2.36. The van der Waals surface area contributed by atoms with E-state index in [4.69, 9.17) is 17.3 Å². The molecule has 0 unspecified atom stereocenters. The summed E-state index contributed by atoms with van der Waals surface area (Å²) in [5.41, 5.74) is 7.07. The summed E-state index contributed by atoms with van der Waals surface area (Å²) in [6.07, 6.45) is 6.66. The largest absolute Gasteiger partial charge is 0.339 e. The molecule has 3 rings (SSSR count). The number of likely N-dealkylation sites (tertiary alicyclic amines) is 1. The molecule has 2 aliphatic rings. The molecule has 2 atom stereocenters. The molecule has 1 saturated heterocycles. The van der Waals surface area contributed by atoms with Crippen molar-refractivity contribution >= 4 is 41.5 Å². The van der Waals surface area contributed by atoms with E-state index in [1.165, 1.54) is 0 Å². The Balaban J connectivity index is 0.00000243. The van der Waals surface area contributed by atoms with Gasteiger partial charge in [-0.3, -0.25) is 9.59 Å². The number of carbonyl (C=O) groups excluding carboxylic acids is 2. The van der Waals surface area contributed by atoms with Crippen molar-refractivity contribution in [3.05, 3.63) is 28.8 Å². The molecular weight excluding hydrogens is 373 g/mol. The highest BCUT2D eigenvalue weighted by molar-refractivity contribution is 6.31. The molecule has 0 radical (unpaired) electrons. The van der Waals surface area contributed by atoms with Gasteiger partial charge in [0.15, 0.2) is 0 Å². The summed E-state index contributed by atoms with van der Waals surface area (Å²) in [6, 6.07) is 5.16. The summed E-state index contributed by atoms with van der Waals surface area (Å²) in [5.74, 6) is 0.0852. The van der Waals surface area contributed by atoms with Gasteiger partial charge in [0, 0.05) is 30.6 Å². The molecule has 5 nitrogen and oxygen atoms in total. The third kappa shape index (κ3) is 5.12.